The molecule has 3 N–H and O–H groups in total. The van der Waals surface area contributed by atoms with Crippen LogP contribution in [0.4, 0.5) is 4.39 Å². The molecular formula is C23H22ClFN4O2. The van der Waals surface area contributed by atoms with E-state index in [2.05, 4.69) is 20.6 Å². The van der Waals surface area contributed by atoms with Crippen molar-refractivity contribution in [3.8, 4) is 22.5 Å². The highest BCUT2D eigenvalue weighted by atomic mass is 35.5. The highest BCUT2D eigenvalue weighted by molar-refractivity contribution is 6.29. The van der Waals surface area contributed by atoms with Crippen LogP contribution < -0.4 is 10.6 Å². The summed E-state index contributed by atoms with van der Waals surface area (Å²) in [6, 6.07) is 11.3. The second-order valence-corrected chi connectivity index (χ2v) is 7.94. The number of amides is 2. The molecule has 0 radical (unpaired) electrons. The van der Waals surface area contributed by atoms with Crippen LogP contribution >= 0.6 is 11.6 Å². The van der Waals surface area contributed by atoms with Crippen LogP contribution in [0.2, 0.25) is 5.15 Å². The molecule has 160 valence electrons. The van der Waals surface area contributed by atoms with E-state index >= 15 is 0 Å². The molecule has 2 aromatic heterocycles. The molecule has 0 bridgehead atoms. The molecule has 1 aliphatic heterocycles. The van der Waals surface area contributed by atoms with Crippen molar-refractivity contribution in [1.82, 2.24) is 20.6 Å². The van der Waals surface area contributed by atoms with Gasteiger partial charge in [-0.1, -0.05) is 11.6 Å². The van der Waals surface area contributed by atoms with Crippen LogP contribution in [0.1, 0.15) is 24.1 Å². The monoisotopic (exact) mass is 440 g/mol. The molecule has 1 aliphatic rings. The predicted molar refractivity (Wildman–Crippen MR) is 117 cm³/mol. The molecular weight excluding hydrogens is 419 g/mol. The van der Waals surface area contributed by atoms with Crippen LogP contribution in [-0.4, -0.2) is 34.4 Å². The first kappa shape index (κ1) is 21.1. The number of benzene rings is 1. The van der Waals surface area contributed by atoms with Crippen molar-refractivity contribution in [2.24, 2.45) is 0 Å². The zero-order valence-corrected chi connectivity index (χ0v) is 17.7. The maximum Gasteiger partial charge on any atom is 0.242 e. The number of aromatic nitrogens is 2. The second kappa shape index (κ2) is 8.89. The quantitative estimate of drug-likeness (QED) is 0.510. The molecule has 0 saturated carbocycles. The molecule has 0 aliphatic carbocycles. The first-order chi connectivity index (χ1) is 14.9. The van der Waals surface area contributed by atoms with Gasteiger partial charge in [-0.25, -0.2) is 9.37 Å². The minimum Gasteiger partial charge on any atom is -0.354 e. The van der Waals surface area contributed by atoms with Gasteiger partial charge in [0.1, 0.15) is 17.0 Å². The molecule has 1 fully saturated rings. The molecule has 4 rings (SSSR count). The van der Waals surface area contributed by atoms with Crippen LogP contribution in [0.25, 0.3) is 22.5 Å². The van der Waals surface area contributed by atoms with Crippen molar-refractivity contribution >= 4 is 23.4 Å². The minimum absolute atomic E-state index is 0.144. The van der Waals surface area contributed by atoms with Gasteiger partial charge in [0.2, 0.25) is 11.8 Å². The van der Waals surface area contributed by atoms with Crippen molar-refractivity contribution in [1.29, 1.82) is 0 Å². The number of nitrogens with one attached hydrogen (secondary N) is 3. The lowest BCUT2D eigenvalue weighted by Crippen LogP contribution is -2.40. The van der Waals surface area contributed by atoms with E-state index in [4.69, 9.17) is 11.6 Å². The molecule has 3 aromatic rings. The van der Waals surface area contributed by atoms with Crippen molar-refractivity contribution in [3.63, 3.8) is 0 Å². The van der Waals surface area contributed by atoms with Crippen molar-refractivity contribution in [3.05, 3.63) is 64.7 Å². The lowest BCUT2D eigenvalue weighted by Gasteiger charge is -2.10. The van der Waals surface area contributed by atoms with Gasteiger partial charge < -0.3 is 15.6 Å². The minimum atomic E-state index is -0.464. The molecule has 2 amide bonds. The molecule has 31 heavy (non-hydrogen) atoms. The van der Waals surface area contributed by atoms with E-state index in [1.807, 2.05) is 19.1 Å². The standard InChI is InChI=1S/C23H22ClFN4O2/c1-13-17(7-8-20(24)27-13)19-12-15(22(29-19)14-2-5-16(25)6-3-14)4-9-21(30)28-18-10-11-26-23(18)31/h2-3,5-8,12,18,29H,4,9-11H2,1H3,(H,26,31)(H,28,30). The first-order valence-corrected chi connectivity index (χ1v) is 10.5. The third-order valence-corrected chi connectivity index (χ3v) is 5.59. The lowest BCUT2D eigenvalue weighted by atomic mass is 10.0. The first-order valence-electron chi connectivity index (χ1n) is 10.1. The summed E-state index contributed by atoms with van der Waals surface area (Å²) >= 11 is 5.99. The molecule has 3 heterocycles. The fourth-order valence-corrected chi connectivity index (χ4v) is 3.97. The third kappa shape index (κ3) is 4.77. The van der Waals surface area contributed by atoms with Gasteiger partial charge in [-0.15, -0.1) is 0 Å². The number of nitrogens with zero attached hydrogens (tertiary/aromatic N) is 1. The van der Waals surface area contributed by atoms with E-state index in [1.165, 1.54) is 12.1 Å². The number of pyridine rings is 1. The van der Waals surface area contributed by atoms with E-state index in [-0.39, 0.29) is 24.1 Å². The summed E-state index contributed by atoms with van der Waals surface area (Å²) in [6.45, 7) is 2.45. The summed E-state index contributed by atoms with van der Waals surface area (Å²) in [6.07, 6.45) is 1.29. The average molecular weight is 441 g/mol. The largest absolute Gasteiger partial charge is 0.354 e. The maximum atomic E-state index is 13.4. The van der Waals surface area contributed by atoms with Crippen LogP contribution in [0, 0.1) is 12.7 Å². The molecule has 1 aromatic carbocycles. The molecule has 1 saturated heterocycles. The fourth-order valence-electron chi connectivity index (χ4n) is 3.78. The smallest absolute Gasteiger partial charge is 0.242 e. The van der Waals surface area contributed by atoms with E-state index in [9.17, 15) is 14.0 Å². The summed E-state index contributed by atoms with van der Waals surface area (Å²) in [5, 5.41) is 5.91. The number of H-pyrrole nitrogens is 1. The van der Waals surface area contributed by atoms with E-state index < -0.39 is 6.04 Å². The van der Waals surface area contributed by atoms with Crippen LogP contribution in [-0.2, 0) is 16.0 Å². The summed E-state index contributed by atoms with van der Waals surface area (Å²) in [4.78, 5) is 31.8. The zero-order valence-electron chi connectivity index (χ0n) is 17.0. The third-order valence-electron chi connectivity index (χ3n) is 5.38. The average Bonchev–Trinajstić information content (AvgIpc) is 3.33. The normalized spacial score (nSPS) is 15.7. The fraction of sp³-hybridized carbons (Fsp3) is 0.261. The Bertz CT molecular complexity index is 1130. The van der Waals surface area contributed by atoms with Crippen molar-refractivity contribution in [2.45, 2.75) is 32.2 Å². The van der Waals surface area contributed by atoms with Gasteiger partial charge in [-0.2, -0.15) is 0 Å². The Kier molecular flexibility index (Phi) is 6.04. The van der Waals surface area contributed by atoms with E-state index in [0.717, 1.165) is 33.8 Å². The maximum absolute atomic E-state index is 13.4. The number of aromatic amines is 1. The summed E-state index contributed by atoms with van der Waals surface area (Å²) in [5.41, 5.74) is 5.06. The highest BCUT2D eigenvalue weighted by Gasteiger charge is 2.25. The van der Waals surface area contributed by atoms with E-state index in [1.54, 1.807) is 18.2 Å². The van der Waals surface area contributed by atoms with Gasteiger partial charge in [0, 0.05) is 35.6 Å². The zero-order chi connectivity index (χ0) is 22.0. The van der Waals surface area contributed by atoms with Gasteiger partial charge in [-0.05, 0) is 73.4 Å². The van der Waals surface area contributed by atoms with Crippen molar-refractivity contribution < 1.29 is 14.0 Å². The van der Waals surface area contributed by atoms with Gasteiger partial charge >= 0.3 is 0 Å². The van der Waals surface area contributed by atoms with Gasteiger partial charge in [0.25, 0.3) is 0 Å². The number of hydrogen-bond donors (Lipinski definition) is 3. The van der Waals surface area contributed by atoms with Crippen LogP contribution in [0.5, 0.6) is 0 Å². The highest BCUT2D eigenvalue weighted by Crippen LogP contribution is 2.31. The topological polar surface area (TPSA) is 86.9 Å². The number of aryl methyl sites for hydroxylation is 2. The predicted octanol–water partition coefficient (Wildman–Crippen LogP) is 3.78. The SMILES string of the molecule is Cc1nc(Cl)ccc1-c1cc(CCC(=O)NC2CCNC2=O)c(-c2ccc(F)cc2)[nH]1. The van der Waals surface area contributed by atoms with Gasteiger partial charge in [0.15, 0.2) is 0 Å². The lowest BCUT2D eigenvalue weighted by molar-refractivity contribution is -0.127. The summed E-state index contributed by atoms with van der Waals surface area (Å²) in [5.74, 6) is -0.641. The molecule has 0 spiro atoms. The van der Waals surface area contributed by atoms with Crippen LogP contribution in [0.3, 0.4) is 0 Å². The number of carbonyl (C=O) groups is 2. The number of rotatable bonds is 6. The van der Waals surface area contributed by atoms with Crippen molar-refractivity contribution in [2.75, 3.05) is 6.54 Å². The Morgan fingerprint density at radius 3 is 2.71 bits per heavy atom. The summed E-state index contributed by atoms with van der Waals surface area (Å²) in [7, 11) is 0. The number of carbonyl (C=O) groups excluding carboxylic acids is 2. The number of halogens is 2. The number of hydrogen-bond acceptors (Lipinski definition) is 3. The van der Waals surface area contributed by atoms with Gasteiger partial charge in [0.05, 0.1) is 0 Å². The van der Waals surface area contributed by atoms with Gasteiger partial charge in [-0.3, -0.25) is 9.59 Å². The Morgan fingerprint density at radius 1 is 1.26 bits per heavy atom. The summed E-state index contributed by atoms with van der Waals surface area (Å²) < 4.78 is 13.4. The van der Waals surface area contributed by atoms with E-state index in [0.29, 0.717) is 24.5 Å². The molecule has 6 nitrogen and oxygen atoms in total. The molecule has 1 unspecified atom stereocenters. The second-order valence-electron chi connectivity index (χ2n) is 7.56. The molecule has 8 heteroatoms. The molecule has 1 atom stereocenters. The Hall–Kier alpha value is -3.19. The van der Waals surface area contributed by atoms with Crippen LogP contribution in [0.15, 0.2) is 42.5 Å². The Labute approximate surface area is 184 Å². The Balaban J connectivity index is 1.60. The Morgan fingerprint density at radius 2 is 2.03 bits per heavy atom.